The van der Waals surface area contributed by atoms with Crippen LogP contribution in [0, 0.1) is 17.6 Å². The van der Waals surface area contributed by atoms with E-state index in [1.54, 1.807) is 24.0 Å². The predicted molar refractivity (Wildman–Crippen MR) is 121 cm³/mol. The Labute approximate surface area is 192 Å². The maximum atomic E-state index is 13.5. The molecule has 9 heteroatoms. The summed E-state index contributed by atoms with van der Waals surface area (Å²) in [5, 5.41) is 2.72. The molecule has 0 radical (unpaired) electrons. The van der Waals surface area contributed by atoms with E-state index in [-0.39, 0.29) is 17.8 Å². The second-order valence-electron chi connectivity index (χ2n) is 9.57. The standard InChI is InChI=1S/C24H30F2N4O3/c1-23(2,3)33-22(32)30-9-7-17(8-10-30)24(4,27)21(31)29-20-6-5-15(14-28-20)16-11-18(25)13-19(26)12-16/h5-6,11-14,17H,7-10,27H2,1-4H3,(H,28,29,31). The Hall–Kier alpha value is -3.07. The van der Waals surface area contributed by atoms with Crippen molar-refractivity contribution in [2.24, 2.45) is 11.7 Å². The van der Waals surface area contributed by atoms with E-state index in [1.165, 1.54) is 18.3 Å². The summed E-state index contributed by atoms with van der Waals surface area (Å²) in [6.07, 6.45) is 2.19. The number of ether oxygens (including phenoxy) is 1. The van der Waals surface area contributed by atoms with Gasteiger partial charge >= 0.3 is 6.09 Å². The molecule has 1 aliphatic heterocycles. The van der Waals surface area contributed by atoms with Gasteiger partial charge in [0, 0.05) is 30.9 Å². The molecule has 2 aromatic rings. The molecule has 1 atom stereocenters. The summed E-state index contributed by atoms with van der Waals surface area (Å²) in [4.78, 5) is 31.0. The second kappa shape index (κ2) is 9.43. The highest BCUT2D eigenvalue weighted by Gasteiger charge is 2.40. The lowest BCUT2D eigenvalue weighted by Gasteiger charge is -2.39. The lowest BCUT2D eigenvalue weighted by atomic mass is 9.79. The number of nitrogens with zero attached hydrogens (tertiary/aromatic N) is 2. The summed E-state index contributed by atoms with van der Waals surface area (Å²) in [5.74, 6) is -1.61. The number of nitrogens with two attached hydrogens (primary N) is 1. The Morgan fingerprint density at radius 3 is 2.18 bits per heavy atom. The third-order valence-corrected chi connectivity index (χ3v) is 5.68. The van der Waals surface area contributed by atoms with E-state index in [1.807, 2.05) is 20.8 Å². The van der Waals surface area contributed by atoms with Gasteiger partial charge < -0.3 is 20.7 Å². The van der Waals surface area contributed by atoms with Crippen LogP contribution < -0.4 is 11.1 Å². The Morgan fingerprint density at radius 1 is 1.06 bits per heavy atom. The highest BCUT2D eigenvalue weighted by molar-refractivity contribution is 5.97. The fraction of sp³-hybridized carbons (Fsp3) is 0.458. The van der Waals surface area contributed by atoms with Crippen molar-refractivity contribution in [3.8, 4) is 11.1 Å². The summed E-state index contributed by atoms with van der Waals surface area (Å²) in [6, 6.07) is 6.38. The van der Waals surface area contributed by atoms with Crippen LogP contribution in [-0.2, 0) is 9.53 Å². The zero-order valence-corrected chi connectivity index (χ0v) is 19.3. The van der Waals surface area contributed by atoms with Crippen molar-refractivity contribution in [1.82, 2.24) is 9.88 Å². The largest absolute Gasteiger partial charge is 0.444 e. The second-order valence-corrected chi connectivity index (χ2v) is 9.57. The number of hydrogen-bond donors (Lipinski definition) is 2. The van der Waals surface area contributed by atoms with E-state index in [4.69, 9.17) is 10.5 Å². The van der Waals surface area contributed by atoms with Crippen molar-refractivity contribution in [2.75, 3.05) is 18.4 Å². The molecule has 2 heterocycles. The van der Waals surface area contributed by atoms with Gasteiger partial charge in [-0.1, -0.05) is 0 Å². The summed E-state index contributed by atoms with van der Waals surface area (Å²) < 4.78 is 32.3. The number of amides is 2. The van der Waals surface area contributed by atoms with Crippen LogP contribution in [0.15, 0.2) is 36.5 Å². The first-order valence-corrected chi connectivity index (χ1v) is 10.9. The monoisotopic (exact) mass is 460 g/mol. The van der Waals surface area contributed by atoms with Crippen molar-refractivity contribution < 1.29 is 23.1 Å². The maximum absolute atomic E-state index is 13.5. The van der Waals surface area contributed by atoms with Crippen LogP contribution in [0.25, 0.3) is 11.1 Å². The lowest BCUT2D eigenvalue weighted by molar-refractivity contribution is -0.123. The molecule has 1 saturated heterocycles. The Morgan fingerprint density at radius 2 is 1.67 bits per heavy atom. The van der Waals surface area contributed by atoms with Crippen molar-refractivity contribution >= 4 is 17.8 Å². The summed E-state index contributed by atoms with van der Waals surface area (Å²) in [7, 11) is 0. The number of rotatable bonds is 4. The molecule has 1 fully saturated rings. The number of piperidine rings is 1. The number of benzene rings is 1. The number of anilines is 1. The van der Waals surface area contributed by atoms with E-state index in [0.717, 1.165) is 6.07 Å². The van der Waals surface area contributed by atoms with Gasteiger partial charge in [-0.2, -0.15) is 0 Å². The van der Waals surface area contributed by atoms with Crippen LogP contribution in [0.3, 0.4) is 0 Å². The van der Waals surface area contributed by atoms with Crippen LogP contribution in [0.5, 0.6) is 0 Å². The molecule has 1 aromatic heterocycles. The maximum Gasteiger partial charge on any atom is 0.410 e. The molecule has 1 aliphatic rings. The Kier molecular flexibility index (Phi) is 7.02. The molecule has 2 amide bonds. The normalized spacial score (nSPS) is 16.8. The van der Waals surface area contributed by atoms with Gasteiger partial charge in [-0.05, 0) is 76.3 Å². The number of aromatic nitrogens is 1. The quantitative estimate of drug-likeness (QED) is 0.708. The van der Waals surface area contributed by atoms with Gasteiger partial charge in [0.15, 0.2) is 0 Å². The third kappa shape index (κ3) is 6.25. The number of likely N-dealkylation sites (tertiary alicyclic amines) is 1. The van der Waals surface area contributed by atoms with Gasteiger partial charge in [-0.3, -0.25) is 4.79 Å². The van der Waals surface area contributed by atoms with Crippen LogP contribution >= 0.6 is 0 Å². The molecule has 33 heavy (non-hydrogen) atoms. The van der Waals surface area contributed by atoms with Crippen molar-refractivity contribution in [2.45, 2.75) is 51.7 Å². The van der Waals surface area contributed by atoms with E-state index in [0.29, 0.717) is 37.1 Å². The van der Waals surface area contributed by atoms with E-state index in [9.17, 15) is 18.4 Å². The zero-order chi connectivity index (χ0) is 24.4. The smallest absolute Gasteiger partial charge is 0.410 e. The van der Waals surface area contributed by atoms with Crippen molar-refractivity contribution in [3.05, 3.63) is 48.2 Å². The van der Waals surface area contributed by atoms with Gasteiger partial charge in [0.25, 0.3) is 0 Å². The molecular formula is C24H30F2N4O3. The summed E-state index contributed by atoms with van der Waals surface area (Å²) in [5.41, 5.74) is 5.52. The molecule has 3 rings (SSSR count). The molecule has 178 valence electrons. The molecule has 1 aromatic carbocycles. The first-order valence-electron chi connectivity index (χ1n) is 10.9. The van der Waals surface area contributed by atoms with Crippen molar-refractivity contribution in [1.29, 1.82) is 0 Å². The average Bonchev–Trinajstić information content (AvgIpc) is 2.72. The van der Waals surface area contributed by atoms with Gasteiger partial charge in [-0.25, -0.2) is 18.6 Å². The molecule has 7 nitrogen and oxygen atoms in total. The fourth-order valence-corrected chi connectivity index (χ4v) is 3.78. The Bertz CT molecular complexity index is 991. The SMILES string of the molecule is CC(C)(C)OC(=O)N1CCC(C(C)(N)C(=O)Nc2ccc(-c3cc(F)cc(F)c3)cn2)CC1. The average molecular weight is 461 g/mol. The minimum Gasteiger partial charge on any atom is -0.444 e. The number of pyridine rings is 1. The highest BCUT2D eigenvalue weighted by Crippen LogP contribution is 2.29. The first-order chi connectivity index (χ1) is 15.3. The number of hydrogen-bond acceptors (Lipinski definition) is 5. The van der Waals surface area contributed by atoms with Crippen LogP contribution in [0.4, 0.5) is 19.4 Å². The van der Waals surface area contributed by atoms with Gasteiger partial charge in [0.1, 0.15) is 23.1 Å². The minimum absolute atomic E-state index is 0.134. The zero-order valence-electron chi connectivity index (χ0n) is 19.3. The van der Waals surface area contributed by atoms with Crippen LogP contribution in [-0.4, -0.2) is 46.1 Å². The molecule has 3 N–H and O–H groups in total. The first kappa shape index (κ1) is 24.6. The van der Waals surface area contributed by atoms with Gasteiger partial charge in [0.2, 0.25) is 5.91 Å². The third-order valence-electron chi connectivity index (χ3n) is 5.68. The lowest BCUT2D eigenvalue weighted by Crippen LogP contribution is -2.57. The number of carbonyl (C=O) groups is 2. The number of halogens is 2. The van der Waals surface area contributed by atoms with Crippen molar-refractivity contribution in [3.63, 3.8) is 0 Å². The molecular weight excluding hydrogens is 430 g/mol. The number of nitrogens with one attached hydrogen (secondary N) is 1. The summed E-state index contributed by atoms with van der Waals surface area (Å²) >= 11 is 0. The van der Waals surface area contributed by atoms with E-state index < -0.39 is 28.7 Å². The van der Waals surface area contributed by atoms with Crippen LogP contribution in [0.2, 0.25) is 0 Å². The topological polar surface area (TPSA) is 97.5 Å². The Balaban J connectivity index is 1.60. The minimum atomic E-state index is -1.17. The predicted octanol–water partition coefficient (Wildman–Crippen LogP) is 4.33. The van der Waals surface area contributed by atoms with E-state index in [2.05, 4.69) is 10.3 Å². The van der Waals surface area contributed by atoms with Crippen LogP contribution in [0.1, 0.15) is 40.5 Å². The fourth-order valence-electron chi connectivity index (χ4n) is 3.78. The van der Waals surface area contributed by atoms with Gasteiger partial charge in [-0.15, -0.1) is 0 Å². The number of carbonyl (C=O) groups excluding carboxylic acids is 2. The highest BCUT2D eigenvalue weighted by atomic mass is 19.1. The molecule has 0 aliphatic carbocycles. The molecule has 0 spiro atoms. The van der Waals surface area contributed by atoms with Gasteiger partial charge in [0.05, 0.1) is 5.54 Å². The van der Waals surface area contributed by atoms with E-state index >= 15 is 0 Å². The summed E-state index contributed by atoms with van der Waals surface area (Å²) in [6.45, 7) is 8.02. The molecule has 1 unspecified atom stereocenters. The molecule has 0 saturated carbocycles. The molecule has 0 bridgehead atoms.